The van der Waals surface area contributed by atoms with Crippen LogP contribution in [0.25, 0.3) is 0 Å². The van der Waals surface area contributed by atoms with E-state index >= 15 is 0 Å². The van der Waals surface area contributed by atoms with Crippen molar-refractivity contribution >= 4 is 23.6 Å². The van der Waals surface area contributed by atoms with Gasteiger partial charge in [-0.05, 0) is 45.4 Å². The highest BCUT2D eigenvalue weighted by Crippen LogP contribution is 2.53. The van der Waals surface area contributed by atoms with Gasteiger partial charge in [-0.3, -0.25) is 4.79 Å². The molecule has 4 atom stereocenters. The SMILES string of the molecule is C[C@@H](O)[C@H]1C(=O)N2C(C(=O)O)=C(S[C@H]3C[C@H](N[C@H]4CC[C@H](N)CC4)C3)[C@H](C)[C@H]12. The van der Waals surface area contributed by atoms with Crippen LogP contribution in [0.1, 0.15) is 52.4 Å². The van der Waals surface area contributed by atoms with Gasteiger partial charge in [0, 0.05) is 34.2 Å². The van der Waals surface area contributed by atoms with Gasteiger partial charge in [0.1, 0.15) is 5.70 Å². The number of nitrogens with two attached hydrogens (primary N) is 1. The van der Waals surface area contributed by atoms with Gasteiger partial charge >= 0.3 is 5.97 Å². The first-order valence-corrected chi connectivity index (χ1v) is 11.3. The standard InChI is InChI=1S/C20H31N3O4S/c1-9-16-15(10(2)24)19(25)23(16)17(20(26)27)18(9)28-14-7-13(8-14)22-12-5-3-11(21)4-6-12/h9-16,22,24H,3-8,21H2,1-2H3,(H,26,27)/t9-,10-,11-,12-,13-,14-,15-,16-/m1/s1. The number of carboxylic acids is 1. The summed E-state index contributed by atoms with van der Waals surface area (Å²) in [6.45, 7) is 3.59. The fourth-order valence-electron chi connectivity index (χ4n) is 5.28. The summed E-state index contributed by atoms with van der Waals surface area (Å²) in [5, 5.41) is 23.8. The number of nitrogens with zero attached hydrogens (tertiary/aromatic N) is 1. The zero-order valence-electron chi connectivity index (χ0n) is 16.5. The number of thioether (sulfide) groups is 1. The predicted octanol–water partition coefficient (Wildman–Crippen LogP) is 1.26. The molecular weight excluding hydrogens is 378 g/mol. The Morgan fingerprint density at radius 3 is 2.46 bits per heavy atom. The number of nitrogens with one attached hydrogen (secondary N) is 1. The van der Waals surface area contributed by atoms with Crippen LogP contribution in [0.5, 0.6) is 0 Å². The Bertz CT molecular complexity index is 683. The van der Waals surface area contributed by atoms with E-state index in [-0.39, 0.29) is 23.6 Å². The first-order chi connectivity index (χ1) is 13.3. The van der Waals surface area contributed by atoms with Crippen molar-refractivity contribution in [3.8, 4) is 0 Å². The summed E-state index contributed by atoms with van der Waals surface area (Å²) in [5.41, 5.74) is 6.12. The van der Waals surface area contributed by atoms with Gasteiger partial charge in [-0.25, -0.2) is 4.79 Å². The van der Waals surface area contributed by atoms with Crippen molar-refractivity contribution in [3.63, 3.8) is 0 Å². The highest BCUT2D eigenvalue weighted by Gasteiger charge is 2.60. The third kappa shape index (κ3) is 3.38. The lowest BCUT2D eigenvalue weighted by molar-refractivity contribution is -0.163. The van der Waals surface area contributed by atoms with E-state index in [9.17, 15) is 19.8 Å². The third-order valence-electron chi connectivity index (χ3n) is 6.94. The second-order valence-electron chi connectivity index (χ2n) is 8.96. The molecule has 5 N–H and O–H groups in total. The van der Waals surface area contributed by atoms with E-state index in [1.54, 1.807) is 18.7 Å². The molecule has 7 nitrogen and oxygen atoms in total. The summed E-state index contributed by atoms with van der Waals surface area (Å²) in [4.78, 5) is 26.5. The van der Waals surface area contributed by atoms with Crippen molar-refractivity contribution in [2.45, 2.75) is 87.9 Å². The number of carbonyl (C=O) groups excluding carboxylic acids is 1. The highest BCUT2D eigenvalue weighted by atomic mass is 32.2. The lowest BCUT2D eigenvalue weighted by atomic mass is 9.79. The summed E-state index contributed by atoms with van der Waals surface area (Å²) in [6, 6.07) is 1.18. The van der Waals surface area contributed by atoms with Gasteiger partial charge in [0.15, 0.2) is 0 Å². The molecule has 28 heavy (non-hydrogen) atoms. The van der Waals surface area contributed by atoms with E-state index in [1.165, 1.54) is 4.90 Å². The molecule has 2 saturated carbocycles. The summed E-state index contributed by atoms with van der Waals surface area (Å²) >= 11 is 1.63. The number of aliphatic hydroxyl groups is 1. The average molecular weight is 410 g/mol. The van der Waals surface area contributed by atoms with E-state index in [0.29, 0.717) is 23.4 Å². The summed E-state index contributed by atoms with van der Waals surface area (Å²) < 4.78 is 0. The van der Waals surface area contributed by atoms with Crippen molar-refractivity contribution in [1.29, 1.82) is 0 Å². The molecule has 1 amide bonds. The molecule has 0 aromatic heterocycles. The molecule has 0 aromatic rings. The van der Waals surface area contributed by atoms with Gasteiger partial charge in [0.05, 0.1) is 18.1 Å². The van der Waals surface area contributed by atoms with Crippen LogP contribution in [-0.4, -0.2) is 62.5 Å². The van der Waals surface area contributed by atoms with Crippen LogP contribution in [-0.2, 0) is 9.59 Å². The second-order valence-corrected chi connectivity index (χ2v) is 10.3. The minimum absolute atomic E-state index is 0.0414. The maximum absolute atomic E-state index is 12.4. The molecule has 0 aromatic carbocycles. The fraction of sp³-hybridized carbons (Fsp3) is 0.800. The molecule has 8 heteroatoms. The Balaban J connectivity index is 1.36. The first kappa shape index (κ1) is 20.2. The van der Waals surface area contributed by atoms with Crippen molar-refractivity contribution in [2.75, 3.05) is 0 Å². The van der Waals surface area contributed by atoms with Crippen LogP contribution in [0.4, 0.5) is 0 Å². The summed E-state index contributed by atoms with van der Waals surface area (Å²) in [6.07, 6.45) is 5.75. The van der Waals surface area contributed by atoms with E-state index in [2.05, 4.69) is 5.32 Å². The summed E-state index contributed by atoms with van der Waals surface area (Å²) in [7, 11) is 0. The molecular formula is C20H31N3O4S. The molecule has 156 valence electrons. The van der Waals surface area contributed by atoms with Gasteiger partial charge in [-0.1, -0.05) is 6.92 Å². The number of fused-ring (bicyclic) bond motifs is 1. The number of aliphatic hydroxyl groups excluding tert-OH is 1. The van der Waals surface area contributed by atoms with E-state index in [4.69, 9.17) is 5.73 Å². The van der Waals surface area contributed by atoms with Crippen LogP contribution >= 0.6 is 11.8 Å². The number of aliphatic carboxylic acids is 1. The second kappa shape index (κ2) is 7.63. The molecule has 3 fully saturated rings. The lowest BCUT2D eigenvalue weighted by Gasteiger charge is -2.46. The summed E-state index contributed by atoms with van der Waals surface area (Å²) in [5.74, 6) is -1.83. The fourth-order valence-corrected chi connectivity index (χ4v) is 6.94. The topological polar surface area (TPSA) is 116 Å². The monoisotopic (exact) mass is 409 g/mol. The molecule has 0 unspecified atom stereocenters. The molecule has 2 aliphatic carbocycles. The van der Waals surface area contributed by atoms with E-state index in [1.807, 2.05) is 6.92 Å². The zero-order valence-corrected chi connectivity index (χ0v) is 17.3. The van der Waals surface area contributed by atoms with Gasteiger partial charge in [-0.2, -0.15) is 0 Å². The lowest BCUT2D eigenvalue weighted by Crippen LogP contribution is -2.63. The molecule has 0 spiro atoms. The first-order valence-electron chi connectivity index (χ1n) is 10.4. The smallest absolute Gasteiger partial charge is 0.353 e. The number of hydrogen-bond acceptors (Lipinski definition) is 6. The number of amides is 1. The minimum Gasteiger partial charge on any atom is -0.477 e. The van der Waals surface area contributed by atoms with Gasteiger partial charge in [0.2, 0.25) is 5.91 Å². The highest BCUT2D eigenvalue weighted by molar-refractivity contribution is 8.03. The molecule has 0 radical (unpaired) electrons. The van der Waals surface area contributed by atoms with Crippen molar-refractivity contribution < 1.29 is 19.8 Å². The Labute approximate surface area is 170 Å². The minimum atomic E-state index is -1.04. The largest absolute Gasteiger partial charge is 0.477 e. The normalized spacial score (nSPS) is 41.4. The van der Waals surface area contributed by atoms with Crippen molar-refractivity contribution in [3.05, 3.63) is 10.6 Å². The van der Waals surface area contributed by atoms with Gasteiger partial charge in [-0.15, -0.1) is 11.8 Å². The number of β-lactam (4-membered cyclic amide) rings is 1. The molecule has 2 heterocycles. The van der Waals surface area contributed by atoms with Gasteiger partial charge in [0.25, 0.3) is 0 Å². The Morgan fingerprint density at radius 1 is 1.25 bits per heavy atom. The molecule has 0 bridgehead atoms. The maximum Gasteiger partial charge on any atom is 0.353 e. The molecule has 2 aliphatic heterocycles. The van der Waals surface area contributed by atoms with Crippen LogP contribution in [0.3, 0.4) is 0 Å². The number of hydrogen-bond donors (Lipinski definition) is 4. The van der Waals surface area contributed by atoms with Crippen LogP contribution in [0, 0.1) is 11.8 Å². The average Bonchev–Trinajstić information content (AvgIpc) is 2.83. The van der Waals surface area contributed by atoms with E-state index in [0.717, 1.165) is 43.4 Å². The zero-order chi connectivity index (χ0) is 20.2. The van der Waals surface area contributed by atoms with Crippen LogP contribution < -0.4 is 11.1 Å². The Kier molecular flexibility index (Phi) is 5.50. The molecule has 1 saturated heterocycles. The van der Waals surface area contributed by atoms with Gasteiger partial charge < -0.3 is 26.2 Å². The van der Waals surface area contributed by atoms with Crippen molar-refractivity contribution in [1.82, 2.24) is 10.2 Å². The maximum atomic E-state index is 12.4. The van der Waals surface area contributed by atoms with E-state index < -0.39 is 18.0 Å². The Hall–Kier alpha value is -1.09. The predicted molar refractivity (Wildman–Crippen MR) is 107 cm³/mol. The van der Waals surface area contributed by atoms with Crippen molar-refractivity contribution in [2.24, 2.45) is 17.6 Å². The Morgan fingerprint density at radius 2 is 1.89 bits per heavy atom. The number of rotatable bonds is 6. The van der Waals surface area contributed by atoms with Crippen LogP contribution in [0.15, 0.2) is 10.6 Å². The number of carbonyl (C=O) groups is 2. The quantitative estimate of drug-likeness (QED) is 0.488. The number of carboxylic acid groups (broad SMARTS) is 1. The third-order valence-corrected chi connectivity index (χ3v) is 8.48. The molecule has 4 aliphatic rings. The molecule has 4 rings (SSSR count). The van der Waals surface area contributed by atoms with Crippen LogP contribution in [0.2, 0.25) is 0 Å².